The van der Waals surface area contributed by atoms with Crippen LogP contribution in [0.2, 0.25) is 0 Å². The van der Waals surface area contributed by atoms with E-state index >= 15 is 0 Å². The Labute approximate surface area is 383 Å². The van der Waals surface area contributed by atoms with Gasteiger partial charge in [-0.25, -0.2) is 0 Å². The molecule has 5 aromatic carbocycles. The van der Waals surface area contributed by atoms with Crippen molar-refractivity contribution >= 4 is 78.4 Å². The lowest BCUT2D eigenvalue weighted by atomic mass is 10.0. The van der Waals surface area contributed by atoms with Crippen molar-refractivity contribution in [3.63, 3.8) is 0 Å². The molecule has 0 bridgehead atoms. The normalized spacial score (nSPS) is 13.1. The van der Waals surface area contributed by atoms with Crippen molar-refractivity contribution in [3.8, 4) is 5.69 Å². The molecule has 0 atom stereocenters. The first kappa shape index (κ1) is 42.5. The van der Waals surface area contributed by atoms with Crippen LogP contribution in [0, 0.1) is 20.8 Å². The highest BCUT2D eigenvalue weighted by Gasteiger charge is 2.19. The predicted molar refractivity (Wildman–Crippen MR) is 284 cm³/mol. The summed E-state index contributed by atoms with van der Waals surface area (Å²) in [5, 5.41) is 4.93. The van der Waals surface area contributed by atoms with Gasteiger partial charge in [0, 0.05) is 66.8 Å². The Hall–Kier alpha value is -7.82. The molecular weight excluding hydrogens is 789 g/mol. The highest BCUT2D eigenvalue weighted by molar-refractivity contribution is 6.22. The van der Waals surface area contributed by atoms with Gasteiger partial charge in [-0.2, -0.15) is 0 Å². The van der Waals surface area contributed by atoms with Crippen molar-refractivity contribution in [3.05, 3.63) is 235 Å². The zero-order valence-corrected chi connectivity index (χ0v) is 38.1. The molecular formula is C61H56N4. The van der Waals surface area contributed by atoms with Crippen molar-refractivity contribution in [1.29, 1.82) is 0 Å². The monoisotopic (exact) mass is 844 g/mol. The molecule has 1 aliphatic rings. The number of hydrogen-bond donors (Lipinski definition) is 1. The number of benzene rings is 5. The number of rotatable bonds is 11. The van der Waals surface area contributed by atoms with E-state index in [9.17, 15) is 0 Å². The van der Waals surface area contributed by atoms with Crippen LogP contribution in [-0.2, 0) is 0 Å². The molecule has 3 aromatic heterocycles. The summed E-state index contributed by atoms with van der Waals surface area (Å²) in [7, 11) is 0. The van der Waals surface area contributed by atoms with Gasteiger partial charge in [0.2, 0.25) is 0 Å². The topological polar surface area (TPSA) is 28.9 Å². The number of aromatic nitrogens is 3. The van der Waals surface area contributed by atoms with Crippen LogP contribution in [0.1, 0.15) is 60.3 Å². The van der Waals surface area contributed by atoms with E-state index in [1.54, 1.807) is 0 Å². The highest BCUT2D eigenvalue weighted by Crippen LogP contribution is 2.39. The van der Waals surface area contributed by atoms with E-state index in [4.69, 9.17) is 0 Å². The van der Waals surface area contributed by atoms with E-state index < -0.39 is 0 Å². The highest BCUT2D eigenvalue weighted by atomic mass is 15.1. The first-order valence-corrected chi connectivity index (χ1v) is 22.6. The average molecular weight is 845 g/mol. The van der Waals surface area contributed by atoms with Gasteiger partial charge in [-0.3, -0.25) is 0 Å². The van der Waals surface area contributed by atoms with Crippen molar-refractivity contribution in [2.75, 3.05) is 4.90 Å². The minimum absolute atomic E-state index is 0.860. The Morgan fingerprint density at radius 3 is 2.28 bits per heavy atom. The number of H-pyrrole nitrogens is 1. The second-order valence-corrected chi connectivity index (χ2v) is 16.8. The van der Waals surface area contributed by atoms with Crippen LogP contribution in [0.15, 0.2) is 201 Å². The number of anilines is 2. The van der Waals surface area contributed by atoms with Crippen molar-refractivity contribution in [2.45, 2.75) is 47.5 Å². The van der Waals surface area contributed by atoms with E-state index in [1.165, 1.54) is 38.1 Å². The van der Waals surface area contributed by atoms with Gasteiger partial charge in [0.25, 0.3) is 0 Å². The maximum Gasteiger partial charge on any atom is 0.0783 e. The molecule has 0 saturated heterocycles. The molecule has 0 amide bonds. The number of aromatic amines is 1. The fourth-order valence-corrected chi connectivity index (χ4v) is 9.33. The lowest BCUT2D eigenvalue weighted by molar-refractivity contribution is 1.01. The minimum atomic E-state index is 0.860. The zero-order valence-electron chi connectivity index (χ0n) is 38.1. The van der Waals surface area contributed by atoms with E-state index in [1.807, 2.05) is 6.08 Å². The quantitative estimate of drug-likeness (QED) is 0.102. The molecule has 0 aliphatic heterocycles. The molecule has 9 rings (SSSR count). The third-order valence-electron chi connectivity index (χ3n) is 12.6. The van der Waals surface area contributed by atoms with E-state index in [0.717, 1.165) is 86.0 Å². The standard InChI is InChI=1S/C61H56N4/c1-8-10-11-13-23-44(5)63-45(6)32-36-50(41-43(4)51-24-14-12-15-29-58(51)63)64(57-28-20-16-22-42(57)3)46(7)31-33-47(9-2)48-34-37-49(38-35-48)65-59-30-21-18-26-53(59)55-40-39-54-52-25-17-19-27-56(52)62-60(54)61(55)65/h8-10,13-41,62H,2,5,11-12H2,1,3-4,6-7H3/b10-8-,23-13-,43-41?,45-32?,46-31+,47-33+,50-36?. The van der Waals surface area contributed by atoms with Crippen LogP contribution in [0.5, 0.6) is 0 Å². The maximum atomic E-state index is 4.56. The third kappa shape index (κ3) is 8.16. The van der Waals surface area contributed by atoms with Crippen LogP contribution < -0.4 is 4.90 Å². The zero-order chi connectivity index (χ0) is 45.0. The number of allylic oxidation sites excluding steroid dienone is 12. The molecule has 4 heteroatoms. The summed E-state index contributed by atoms with van der Waals surface area (Å²) in [6.45, 7) is 19.7. The fourth-order valence-electron chi connectivity index (χ4n) is 9.33. The average Bonchev–Trinajstić information content (AvgIpc) is 3.78. The molecule has 3 heterocycles. The SMILES string of the molecule is C=C/C(=C\C=C(/C)N(c1ccc(C)n(C(=C)/C=C\C/C=C\C)c2c(c(C)c1)C=CCC=C2)c1ccccc1C)c1ccc(-n2c3ccccc3c3ccc4c5ccccc5[nH]c4c32)cc1. The summed E-state index contributed by atoms with van der Waals surface area (Å²) < 4.78 is 4.68. The summed E-state index contributed by atoms with van der Waals surface area (Å²) in [5.41, 5.74) is 17.8. The Morgan fingerprint density at radius 2 is 1.48 bits per heavy atom. The van der Waals surface area contributed by atoms with Gasteiger partial charge in [-0.1, -0.05) is 141 Å². The number of nitrogens with one attached hydrogen (secondary N) is 1. The number of aryl methyl sites for hydroxylation is 3. The smallest absolute Gasteiger partial charge is 0.0783 e. The summed E-state index contributed by atoms with van der Waals surface area (Å²) in [5.74, 6) is 0. The molecule has 8 aromatic rings. The summed E-state index contributed by atoms with van der Waals surface area (Å²) in [6, 6.07) is 46.1. The Bertz CT molecular complexity index is 3400. The maximum absolute atomic E-state index is 4.56. The van der Waals surface area contributed by atoms with Crippen LogP contribution >= 0.6 is 0 Å². The first-order chi connectivity index (χ1) is 31.8. The molecule has 1 aliphatic carbocycles. The Kier molecular flexibility index (Phi) is 12.1. The summed E-state index contributed by atoms with van der Waals surface area (Å²) in [4.78, 5) is 6.14. The third-order valence-corrected chi connectivity index (χ3v) is 12.6. The van der Waals surface area contributed by atoms with Crippen molar-refractivity contribution < 1.29 is 0 Å². The van der Waals surface area contributed by atoms with Gasteiger partial charge in [0.05, 0.1) is 22.2 Å². The van der Waals surface area contributed by atoms with E-state index in [-0.39, 0.29) is 0 Å². The van der Waals surface area contributed by atoms with Gasteiger partial charge in [-0.05, 0) is 136 Å². The molecule has 0 spiro atoms. The van der Waals surface area contributed by atoms with Crippen molar-refractivity contribution in [1.82, 2.24) is 14.1 Å². The number of hydrogen-bond acceptors (Lipinski definition) is 1. The molecule has 0 unspecified atom stereocenters. The van der Waals surface area contributed by atoms with E-state index in [0.29, 0.717) is 0 Å². The number of para-hydroxylation sites is 3. The van der Waals surface area contributed by atoms with Gasteiger partial charge in [-0.15, -0.1) is 0 Å². The Balaban J connectivity index is 1.14. The minimum Gasteiger partial charge on any atom is -0.353 e. The number of nitrogens with zero attached hydrogens (tertiary/aromatic N) is 3. The lowest BCUT2D eigenvalue weighted by Gasteiger charge is -2.27. The van der Waals surface area contributed by atoms with Crippen LogP contribution in [0.4, 0.5) is 11.4 Å². The second-order valence-electron chi connectivity index (χ2n) is 16.8. The Morgan fingerprint density at radius 1 is 0.738 bits per heavy atom. The summed E-state index contributed by atoms with van der Waals surface area (Å²) >= 11 is 0. The summed E-state index contributed by atoms with van der Waals surface area (Å²) in [6.07, 6.45) is 25.6. The van der Waals surface area contributed by atoms with Crippen molar-refractivity contribution in [2.24, 2.45) is 0 Å². The van der Waals surface area contributed by atoms with Gasteiger partial charge in [0.15, 0.2) is 0 Å². The molecule has 1 N–H and O–H groups in total. The van der Waals surface area contributed by atoms with Crippen LogP contribution in [0.25, 0.3) is 72.7 Å². The lowest BCUT2D eigenvalue weighted by Crippen LogP contribution is -2.15. The molecule has 0 saturated carbocycles. The molecule has 320 valence electrons. The predicted octanol–water partition coefficient (Wildman–Crippen LogP) is 17.0. The molecule has 4 nitrogen and oxygen atoms in total. The van der Waals surface area contributed by atoms with Gasteiger partial charge >= 0.3 is 0 Å². The molecule has 0 fully saturated rings. The molecule has 65 heavy (non-hydrogen) atoms. The second kappa shape index (κ2) is 18.5. The van der Waals surface area contributed by atoms with E-state index in [2.05, 4.69) is 255 Å². The largest absolute Gasteiger partial charge is 0.353 e. The molecule has 0 radical (unpaired) electrons. The number of fused-ring (bicyclic) bond motifs is 8. The van der Waals surface area contributed by atoms with Gasteiger partial charge in [0.1, 0.15) is 0 Å². The first-order valence-electron chi connectivity index (χ1n) is 22.6. The fraction of sp³-hybridized carbons (Fsp3) is 0.115. The van der Waals surface area contributed by atoms with Gasteiger partial charge < -0.3 is 19.0 Å². The van der Waals surface area contributed by atoms with Crippen LogP contribution in [0.3, 0.4) is 0 Å². The van der Waals surface area contributed by atoms with Crippen LogP contribution in [-0.4, -0.2) is 14.1 Å².